The quantitative estimate of drug-likeness (QED) is 0.652. The summed E-state index contributed by atoms with van der Waals surface area (Å²) in [5, 5.41) is 10.5. The minimum absolute atomic E-state index is 0.109. The molecule has 2 aromatic carbocycles. The molecule has 0 aliphatic rings. The van der Waals surface area contributed by atoms with E-state index in [1.165, 1.54) is 0 Å². The highest BCUT2D eigenvalue weighted by Gasteiger charge is 2.16. The highest BCUT2D eigenvalue weighted by molar-refractivity contribution is 6.36. The van der Waals surface area contributed by atoms with Gasteiger partial charge < -0.3 is 15.2 Å². The summed E-state index contributed by atoms with van der Waals surface area (Å²) in [6.45, 7) is 0. The van der Waals surface area contributed by atoms with Crippen molar-refractivity contribution in [1.82, 2.24) is 4.98 Å². The molecule has 3 aromatic rings. The Balaban J connectivity index is 2.27. The third-order valence-electron chi connectivity index (χ3n) is 4.03. The molecule has 0 spiro atoms. The molecule has 5 nitrogen and oxygen atoms in total. The number of pyridine rings is 1. The fourth-order valence-electron chi connectivity index (χ4n) is 2.71. The number of hydrogen-bond acceptors (Lipinski definition) is 5. The summed E-state index contributed by atoms with van der Waals surface area (Å²) >= 11 is 12.3. The summed E-state index contributed by atoms with van der Waals surface area (Å²) in [6.07, 6.45) is 0. The molecule has 3 rings (SSSR count). The molecule has 0 atom stereocenters. The number of rotatable bonds is 4. The standard InChI is InChI=1S/C20H15Cl2N3O2/c1-26-13-5-11(6-14(8-13)27-2)16-9-19(25-20(24)17(16)10-23)15-4-3-12(21)7-18(15)22/h3-9H,1-2H3,(H2,24,25). The molecule has 0 aliphatic carbocycles. The van der Waals surface area contributed by atoms with Crippen molar-refractivity contribution in [3.05, 3.63) is 58.1 Å². The second kappa shape index (κ2) is 7.75. The van der Waals surface area contributed by atoms with Gasteiger partial charge in [0.15, 0.2) is 0 Å². The Morgan fingerprint density at radius 3 is 2.19 bits per heavy atom. The van der Waals surface area contributed by atoms with Crippen molar-refractivity contribution in [2.75, 3.05) is 20.0 Å². The maximum absolute atomic E-state index is 9.59. The Morgan fingerprint density at radius 1 is 0.963 bits per heavy atom. The predicted octanol–water partition coefficient (Wildman–Crippen LogP) is 5.19. The maximum Gasteiger partial charge on any atom is 0.142 e. The molecule has 0 saturated carbocycles. The summed E-state index contributed by atoms with van der Waals surface area (Å²) in [5.74, 6) is 1.29. The minimum atomic E-state index is 0.109. The van der Waals surface area contributed by atoms with Crippen molar-refractivity contribution in [2.24, 2.45) is 0 Å². The average molecular weight is 400 g/mol. The number of halogens is 2. The highest BCUT2D eigenvalue weighted by Crippen LogP contribution is 2.37. The molecule has 0 amide bonds. The topological polar surface area (TPSA) is 81.2 Å². The molecule has 27 heavy (non-hydrogen) atoms. The number of nitrogens with two attached hydrogens (primary N) is 1. The molecular formula is C20H15Cl2N3O2. The summed E-state index contributed by atoms with van der Waals surface area (Å²) < 4.78 is 10.6. The van der Waals surface area contributed by atoms with Crippen LogP contribution >= 0.6 is 23.2 Å². The molecule has 0 bridgehead atoms. The van der Waals surface area contributed by atoms with E-state index in [2.05, 4.69) is 11.1 Å². The summed E-state index contributed by atoms with van der Waals surface area (Å²) in [7, 11) is 3.12. The second-order valence-corrected chi connectivity index (χ2v) is 6.50. The predicted molar refractivity (Wildman–Crippen MR) is 107 cm³/mol. The molecule has 2 N–H and O–H groups in total. The molecule has 0 saturated heterocycles. The highest BCUT2D eigenvalue weighted by atomic mass is 35.5. The molecule has 7 heteroatoms. The minimum Gasteiger partial charge on any atom is -0.497 e. The largest absolute Gasteiger partial charge is 0.497 e. The lowest BCUT2D eigenvalue weighted by molar-refractivity contribution is 0.394. The SMILES string of the molecule is COc1cc(OC)cc(-c2cc(-c3ccc(Cl)cc3Cl)nc(N)c2C#N)c1. The number of anilines is 1. The Hall–Kier alpha value is -2.94. The first-order chi connectivity index (χ1) is 13.0. The van der Waals surface area contributed by atoms with Crippen LogP contribution in [0.4, 0.5) is 5.82 Å². The molecule has 0 unspecified atom stereocenters. The molecule has 0 aliphatic heterocycles. The van der Waals surface area contributed by atoms with Crippen LogP contribution in [0.25, 0.3) is 22.4 Å². The van der Waals surface area contributed by atoms with Crippen LogP contribution in [0.15, 0.2) is 42.5 Å². The number of nitriles is 1. The number of nitrogen functional groups attached to an aromatic ring is 1. The van der Waals surface area contributed by atoms with Crippen LogP contribution in [0.3, 0.4) is 0 Å². The maximum atomic E-state index is 9.59. The van der Waals surface area contributed by atoms with Crippen molar-refractivity contribution >= 4 is 29.0 Å². The number of ether oxygens (including phenoxy) is 2. The lowest BCUT2D eigenvalue weighted by Crippen LogP contribution is -2.00. The fraction of sp³-hybridized carbons (Fsp3) is 0.100. The molecule has 136 valence electrons. The molecular weight excluding hydrogens is 385 g/mol. The van der Waals surface area contributed by atoms with E-state index in [4.69, 9.17) is 38.4 Å². The van der Waals surface area contributed by atoms with E-state index in [0.29, 0.717) is 43.9 Å². The molecule has 0 fully saturated rings. The smallest absolute Gasteiger partial charge is 0.142 e. The van der Waals surface area contributed by atoms with Crippen molar-refractivity contribution in [3.8, 4) is 40.0 Å². The zero-order valence-corrected chi connectivity index (χ0v) is 16.1. The van der Waals surface area contributed by atoms with E-state index in [0.717, 1.165) is 0 Å². The number of nitrogens with zero attached hydrogens (tertiary/aromatic N) is 2. The van der Waals surface area contributed by atoms with E-state index >= 15 is 0 Å². The first-order valence-corrected chi connectivity index (χ1v) is 8.62. The van der Waals surface area contributed by atoms with Gasteiger partial charge in [0.05, 0.1) is 24.9 Å². The number of benzene rings is 2. The van der Waals surface area contributed by atoms with Gasteiger partial charge in [-0.2, -0.15) is 5.26 Å². The lowest BCUT2D eigenvalue weighted by Gasteiger charge is -2.13. The molecule has 0 radical (unpaired) electrons. The lowest BCUT2D eigenvalue weighted by atomic mass is 9.98. The zero-order valence-electron chi connectivity index (χ0n) is 14.6. The zero-order chi connectivity index (χ0) is 19.6. The Bertz CT molecular complexity index is 1040. The normalized spacial score (nSPS) is 10.3. The van der Waals surface area contributed by atoms with E-state index in [9.17, 15) is 5.26 Å². The van der Waals surface area contributed by atoms with Crippen LogP contribution in [0.5, 0.6) is 11.5 Å². The van der Waals surface area contributed by atoms with Crippen LogP contribution < -0.4 is 15.2 Å². The van der Waals surface area contributed by atoms with Crippen LogP contribution in [0.1, 0.15) is 5.56 Å². The van der Waals surface area contributed by atoms with Gasteiger partial charge in [-0.05, 0) is 42.0 Å². The van der Waals surface area contributed by atoms with Gasteiger partial charge in [-0.25, -0.2) is 4.98 Å². The van der Waals surface area contributed by atoms with Crippen molar-refractivity contribution in [2.45, 2.75) is 0 Å². The third-order valence-corrected chi connectivity index (χ3v) is 4.58. The first kappa shape index (κ1) is 18.8. The van der Waals surface area contributed by atoms with E-state index in [-0.39, 0.29) is 11.4 Å². The van der Waals surface area contributed by atoms with Crippen molar-refractivity contribution in [1.29, 1.82) is 5.26 Å². The van der Waals surface area contributed by atoms with Crippen LogP contribution in [0, 0.1) is 11.3 Å². The fourth-order valence-corrected chi connectivity index (χ4v) is 3.21. The monoisotopic (exact) mass is 399 g/mol. The van der Waals surface area contributed by atoms with Crippen LogP contribution in [-0.4, -0.2) is 19.2 Å². The van der Waals surface area contributed by atoms with Gasteiger partial charge in [-0.3, -0.25) is 0 Å². The summed E-state index contributed by atoms with van der Waals surface area (Å²) in [5.41, 5.74) is 8.83. The number of methoxy groups -OCH3 is 2. The Labute approximate surface area is 166 Å². The van der Waals surface area contributed by atoms with Crippen LogP contribution in [-0.2, 0) is 0 Å². The molecule has 1 aromatic heterocycles. The van der Waals surface area contributed by atoms with Gasteiger partial charge in [0.2, 0.25) is 0 Å². The van der Waals surface area contributed by atoms with E-state index in [1.54, 1.807) is 56.7 Å². The van der Waals surface area contributed by atoms with Gasteiger partial charge in [-0.15, -0.1) is 0 Å². The van der Waals surface area contributed by atoms with Gasteiger partial charge >= 0.3 is 0 Å². The Morgan fingerprint density at radius 2 is 1.63 bits per heavy atom. The van der Waals surface area contributed by atoms with Gasteiger partial charge in [0.1, 0.15) is 28.9 Å². The number of hydrogen-bond donors (Lipinski definition) is 1. The van der Waals surface area contributed by atoms with Crippen LogP contribution in [0.2, 0.25) is 10.0 Å². The molecule has 1 heterocycles. The second-order valence-electron chi connectivity index (χ2n) is 5.65. The summed E-state index contributed by atoms with van der Waals surface area (Å²) in [6, 6.07) is 14.3. The van der Waals surface area contributed by atoms with Gasteiger partial charge in [0.25, 0.3) is 0 Å². The average Bonchev–Trinajstić information content (AvgIpc) is 2.66. The number of aromatic nitrogens is 1. The first-order valence-electron chi connectivity index (χ1n) is 7.86. The van der Waals surface area contributed by atoms with E-state index < -0.39 is 0 Å². The van der Waals surface area contributed by atoms with Gasteiger partial charge in [0, 0.05) is 22.2 Å². The summed E-state index contributed by atoms with van der Waals surface area (Å²) in [4.78, 5) is 4.34. The van der Waals surface area contributed by atoms with Gasteiger partial charge in [-0.1, -0.05) is 23.2 Å². The van der Waals surface area contributed by atoms with E-state index in [1.807, 2.05) is 0 Å². The van der Waals surface area contributed by atoms with Crippen molar-refractivity contribution < 1.29 is 9.47 Å². The Kier molecular flexibility index (Phi) is 5.41. The van der Waals surface area contributed by atoms with Crippen molar-refractivity contribution in [3.63, 3.8) is 0 Å². The third kappa shape index (κ3) is 3.77.